The molecule has 0 bridgehead atoms. The lowest BCUT2D eigenvalue weighted by atomic mass is 9.88. The number of rotatable bonds is 1. The maximum atomic E-state index is 10.0. The molecule has 2 atom stereocenters. The Morgan fingerprint density at radius 2 is 2.23 bits per heavy atom. The van der Waals surface area contributed by atoms with Crippen LogP contribution >= 0.6 is 15.9 Å². The Bertz CT molecular complexity index is 206. The van der Waals surface area contributed by atoms with Crippen LogP contribution in [0.4, 0.5) is 0 Å². The molecule has 0 aromatic carbocycles. The van der Waals surface area contributed by atoms with Crippen LogP contribution in [0.3, 0.4) is 0 Å². The smallest absolute Gasteiger partial charge is 0.0929 e. The first-order valence-corrected chi connectivity index (χ1v) is 5.81. The summed E-state index contributed by atoms with van der Waals surface area (Å²) >= 11 is 3.45. The Morgan fingerprint density at radius 3 is 2.77 bits per heavy atom. The molecule has 0 saturated heterocycles. The molecule has 0 aromatic rings. The molecule has 0 spiro atoms. The van der Waals surface area contributed by atoms with E-state index in [2.05, 4.69) is 35.9 Å². The normalized spacial score (nSPS) is 35.8. The van der Waals surface area contributed by atoms with Crippen LogP contribution in [-0.2, 0) is 0 Å². The Hall–Kier alpha value is 0.180. The first kappa shape index (κ1) is 11.3. The highest BCUT2D eigenvalue weighted by Gasteiger charge is 2.28. The molecule has 1 N–H and O–H groups in total. The summed E-state index contributed by atoms with van der Waals surface area (Å²) in [4.78, 5) is 0. The summed E-state index contributed by atoms with van der Waals surface area (Å²) in [5.41, 5.74) is -0.635. The van der Waals surface area contributed by atoms with Crippen LogP contribution in [-0.4, -0.2) is 10.7 Å². The molecule has 1 unspecified atom stereocenters. The molecule has 2 heteroatoms. The predicted octanol–water partition coefficient (Wildman–Crippen LogP) is 3.47. The zero-order chi connectivity index (χ0) is 10.1. The van der Waals surface area contributed by atoms with Crippen molar-refractivity contribution in [3.63, 3.8) is 0 Å². The quantitative estimate of drug-likeness (QED) is 0.752. The second-order valence-electron chi connectivity index (χ2n) is 4.60. The summed E-state index contributed by atoms with van der Waals surface area (Å²) in [6.45, 7) is 6.40. The van der Waals surface area contributed by atoms with Gasteiger partial charge in [-0.2, -0.15) is 0 Å². The molecule has 13 heavy (non-hydrogen) atoms. The van der Waals surface area contributed by atoms with E-state index in [0.29, 0.717) is 5.92 Å². The van der Waals surface area contributed by atoms with E-state index < -0.39 is 5.60 Å². The molecule has 1 aliphatic carbocycles. The third-order valence-electron chi connectivity index (χ3n) is 3.06. The standard InChI is InChI=1S/C11H19BrO/c1-8(2)9-4-5-10(12)11(3,13)7-6-9/h5,8-9,13H,4,6-7H2,1-3H3/t9-,11?/m0/s1. The van der Waals surface area contributed by atoms with Crippen molar-refractivity contribution in [2.75, 3.05) is 0 Å². The van der Waals surface area contributed by atoms with Gasteiger partial charge in [0.05, 0.1) is 5.60 Å². The third kappa shape index (κ3) is 2.81. The van der Waals surface area contributed by atoms with Crippen LogP contribution in [0.25, 0.3) is 0 Å². The van der Waals surface area contributed by atoms with E-state index in [1.807, 2.05) is 6.92 Å². The van der Waals surface area contributed by atoms with Crippen LogP contribution in [0.5, 0.6) is 0 Å². The van der Waals surface area contributed by atoms with Gasteiger partial charge < -0.3 is 5.11 Å². The zero-order valence-electron chi connectivity index (χ0n) is 8.68. The molecule has 0 radical (unpaired) electrons. The van der Waals surface area contributed by atoms with E-state index >= 15 is 0 Å². The highest BCUT2D eigenvalue weighted by atomic mass is 79.9. The minimum absolute atomic E-state index is 0.635. The van der Waals surface area contributed by atoms with Gasteiger partial charge in [0.1, 0.15) is 0 Å². The van der Waals surface area contributed by atoms with E-state index in [1.165, 1.54) is 0 Å². The molecule has 0 fully saturated rings. The maximum Gasteiger partial charge on any atom is 0.0929 e. The Morgan fingerprint density at radius 1 is 1.62 bits per heavy atom. The topological polar surface area (TPSA) is 20.2 Å². The summed E-state index contributed by atoms with van der Waals surface area (Å²) in [5, 5.41) is 10.0. The van der Waals surface area contributed by atoms with Crippen molar-refractivity contribution in [1.29, 1.82) is 0 Å². The van der Waals surface area contributed by atoms with Crippen molar-refractivity contribution < 1.29 is 5.11 Å². The molecule has 76 valence electrons. The van der Waals surface area contributed by atoms with Crippen LogP contribution in [0.1, 0.15) is 40.0 Å². The third-order valence-corrected chi connectivity index (χ3v) is 4.24. The second-order valence-corrected chi connectivity index (χ2v) is 5.46. The average molecular weight is 247 g/mol. The van der Waals surface area contributed by atoms with Crippen molar-refractivity contribution in [2.45, 2.75) is 45.6 Å². The highest BCUT2D eigenvalue weighted by Crippen LogP contribution is 2.36. The van der Waals surface area contributed by atoms with E-state index in [4.69, 9.17) is 0 Å². The molecule has 1 nitrogen and oxygen atoms in total. The highest BCUT2D eigenvalue weighted by molar-refractivity contribution is 9.11. The summed E-state index contributed by atoms with van der Waals surface area (Å²) in [5.74, 6) is 1.44. The molecular weight excluding hydrogens is 228 g/mol. The van der Waals surface area contributed by atoms with Gasteiger partial charge in [0.2, 0.25) is 0 Å². The van der Waals surface area contributed by atoms with Gasteiger partial charge in [-0.1, -0.05) is 35.9 Å². The van der Waals surface area contributed by atoms with Gasteiger partial charge in [0, 0.05) is 4.48 Å². The molecule has 0 amide bonds. The minimum atomic E-state index is -0.635. The lowest BCUT2D eigenvalue weighted by Crippen LogP contribution is -2.23. The number of allylic oxidation sites excluding steroid dienone is 1. The van der Waals surface area contributed by atoms with Crippen LogP contribution < -0.4 is 0 Å². The predicted molar refractivity (Wildman–Crippen MR) is 59.8 cm³/mol. The number of aliphatic hydroxyl groups is 1. The van der Waals surface area contributed by atoms with Crippen molar-refractivity contribution in [2.24, 2.45) is 11.8 Å². The van der Waals surface area contributed by atoms with Crippen LogP contribution in [0, 0.1) is 11.8 Å². The molecule has 1 aliphatic rings. The number of hydrogen-bond donors (Lipinski definition) is 1. The van der Waals surface area contributed by atoms with E-state index in [1.54, 1.807) is 0 Å². The molecule has 0 aliphatic heterocycles. The summed E-state index contributed by atoms with van der Waals surface area (Å²) < 4.78 is 0.961. The molecule has 0 heterocycles. The summed E-state index contributed by atoms with van der Waals surface area (Å²) in [7, 11) is 0. The number of halogens is 1. The first-order valence-electron chi connectivity index (χ1n) is 5.02. The van der Waals surface area contributed by atoms with Gasteiger partial charge in [0.25, 0.3) is 0 Å². The fourth-order valence-electron chi connectivity index (χ4n) is 1.78. The zero-order valence-corrected chi connectivity index (χ0v) is 10.3. The molecule has 1 rings (SSSR count). The SMILES string of the molecule is CC(C)[C@H]1CC=C(Br)C(C)(O)CC1. The minimum Gasteiger partial charge on any atom is -0.385 e. The average Bonchev–Trinajstić information content (AvgIpc) is 2.13. The van der Waals surface area contributed by atoms with Gasteiger partial charge >= 0.3 is 0 Å². The second kappa shape index (κ2) is 4.14. The number of hydrogen-bond acceptors (Lipinski definition) is 1. The largest absolute Gasteiger partial charge is 0.385 e. The monoisotopic (exact) mass is 246 g/mol. The fraction of sp³-hybridized carbons (Fsp3) is 0.818. The van der Waals surface area contributed by atoms with Crippen molar-refractivity contribution in [1.82, 2.24) is 0 Å². The lowest BCUT2D eigenvalue weighted by Gasteiger charge is -2.23. The fourth-order valence-corrected chi connectivity index (χ4v) is 2.17. The van der Waals surface area contributed by atoms with Crippen LogP contribution in [0.2, 0.25) is 0 Å². The van der Waals surface area contributed by atoms with Gasteiger partial charge in [-0.25, -0.2) is 0 Å². The van der Waals surface area contributed by atoms with Gasteiger partial charge in [-0.15, -0.1) is 0 Å². The summed E-state index contributed by atoms with van der Waals surface area (Å²) in [6.07, 6.45) is 5.22. The molecular formula is C11H19BrO. The van der Waals surface area contributed by atoms with E-state index in [-0.39, 0.29) is 0 Å². The molecule has 0 saturated carbocycles. The Balaban J connectivity index is 2.70. The Labute approximate surface area is 89.4 Å². The van der Waals surface area contributed by atoms with Gasteiger partial charge in [0.15, 0.2) is 0 Å². The first-order chi connectivity index (χ1) is 5.93. The van der Waals surface area contributed by atoms with Crippen molar-refractivity contribution in [3.05, 3.63) is 10.6 Å². The van der Waals surface area contributed by atoms with Crippen LogP contribution in [0.15, 0.2) is 10.6 Å². The lowest BCUT2D eigenvalue weighted by molar-refractivity contribution is 0.0915. The van der Waals surface area contributed by atoms with Crippen molar-refractivity contribution >= 4 is 15.9 Å². The van der Waals surface area contributed by atoms with Crippen molar-refractivity contribution in [3.8, 4) is 0 Å². The molecule has 0 aromatic heterocycles. The van der Waals surface area contributed by atoms with E-state index in [0.717, 1.165) is 29.7 Å². The van der Waals surface area contributed by atoms with Gasteiger partial charge in [-0.3, -0.25) is 0 Å². The van der Waals surface area contributed by atoms with Gasteiger partial charge in [-0.05, 0) is 38.0 Å². The van der Waals surface area contributed by atoms with E-state index in [9.17, 15) is 5.11 Å². The summed E-state index contributed by atoms with van der Waals surface area (Å²) in [6, 6.07) is 0. The maximum absolute atomic E-state index is 10.0. The Kier molecular flexibility index (Phi) is 3.58.